The van der Waals surface area contributed by atoms with Gasteiger partial charge in [-0.15, -0.1) is 0 Å². The fourth-order valence-electron chi connectivity index (χ4n) is 2.38. The minimum absolute atomic E-state index is 0.148. The van der Waals surface area contributed by atoms with Crippen LogP contribution in [0.1, 0.15) is 18.4 Å². The van der Waals surface area contributed by atoms with Crippen molar-refractivity contribution in [3.05, 3.63) is 27.9 Å². The van der Waals surface area contributed by atoms with Gasteiger partial charge in [0.2, 0.25) is 5.82 Å². The molecule has 8 heteroatoms. The first-order chi connectivity index (χ1) is 10.1. The summed E-state index contributed by atoms with van der Waals surface area (Å²) in [4.78, 5) is 27.8. The van der Waals surface area contributed by atoms with Crippen molar-refractivity contribution < 1.29 is 14.5 Å². The number of hydrogen-bond acceptors (Lipinski definition) is 7. The molecule has 1 aliphatic rings. The average Bonchev–Trinajstić information content (AvgIpc) is 2.53. The summed E-state index contributed by atoms with van der Waals surface area (Å²) in [5, 5.41) is 19.9. The molecule has 1 fully saturated rings. The van der Waals surface area contributed by atoms with Gasteiger partial charge in [-0.1, -0.05) is 0 Å². The molecule has 0 radical (unpaired) electrons. The highest BCUT2D eigenvalue weighted by Crippen LogP contribution is 2.30. The van der Waals surface area contributed by atoms with Gasteiger partial charge in [-0.05, 0) is 12.8 Å². The number of rotatable bonds is 3. The lowest BCUT2D eigenvalue weighted by atomic mass is 9.97. The van der Waals surface area contributed by atoms with Crippen LogP contribution in [-0.2, 0) is 9.53 Å². The number of ether oxygens (including phenoxy) is 1. The fraction of sp³-hybridized carbons (Fsp3) is 0.462. The summed E-state index contributed by atoms with van der Waals surface area (Å²) in [5.74, 6) is -0.192. The van der Waals surface area contributed by atoms with Crippen LogP contribution in [0, 0.1) is 27.4 Å². The van der Waals surface area contributed by atoms with Crippen molar-refractivity contribution in [3.63, 3.8) is 0 Å². The predicted octanol–water partition coefficient (Wildman–Crippen LogP) is 1.25. The number of pyridine rings is 1. The van der Waals surface area contributed by atoms with E-state index in [0.717, 1.165) is 0 Å². The van der Waals surface area contributed by atoms with E-state index >= 15 is 0 Å². The number of carbonyl (C=O) groups excluding carboxylic acids is 1. The van der Waals surface area contributed by atoms with Gasteiger partial charge < -0.3 is 9.64 Å². The van der Waals surface area contributed by atoms with Crippen LogP contribution in [0.25, 0.3) is 0 Å². The number of aromatic nitrogens is 1. The normalized spacial score (nSPS) is 15.3. The Labute approximate surface area is 121 Å². The van der Waals surface area contributed by atoms with Crippen LogP contribution in [0.4, 0.5) is 11.5 Å². The number of nitrogens with zero attached hydrogens (tertiary/aromatic N) is 4. The van der Waals surface area contributed by atoms with Crippen molar-refractivity contribution in [2.75, 3.05) is 25.1 Å². The number of esters is 1. The van der Waals surface area contributed by atoms with Gasteiger partial charge >= 0.3 is 11.7 Å². The molecule has 21 heavy (non-hydrogen) atoms. The van der Waals surface area contributed by atoms with Crippen LogP contribution >= 0.6 is 0 Å². The molecule has 0 N–H and O–H groups in total. The summed E-state index contributed by atoms with van der Waals surface area (Å²) in [5.41, 5.74) is -0.0412. The van der Waals surface area contributed by atoms with E-state index in [-0.39, 0.29) is 29.0 Å². The second-order valence-corrected chi connectivity index (χ2v) is 4.72. The molecule has 2 heterocycles. The van der Waals surface area contributed by atoms with E-state index in [2.05, 4.69) is 4.98 Å². The number of hydrogen-bond donors (Lipinski definition) is 0. The van der Waals surface area contributed by atoms with Gasteiger partial charge in [0, 0.05) is 25.4 Å². The Kier molecular flexibility index (Phi) is 4.33. The lowest BCUT2D eigenvalue weighted by Crippen LogP contribution is -2.37. The molecule has 0 aromatic carbocycles. The highest BCUT2D eigenvalue weighted by Gasteiger charge is 2.29. The smallest absolute Gasteiger partial charge is 0.312 e. The van der Waals surface area contributed by atoms with Gasteiger partial charge in [0.25, 0.3) is 0 Å². The Hall–Kier alpha value is -2.69. The first-order valence-corrected chi connectivity index (χ1v) is 6.44. The standard InChI is InChI=1S/C13H14N4O4/c1-21-13(18)10-2-4-16(5-3-10)12-11(17(19)20)6-9(7-14)8-15-12/h6,8,10H,2-5H2,1H3. The lowest BCUT2D eigenvalue weighted by molar-refractivity contribution is -0.384. The van der Waals surface area contributed by atoms with Gasteiger partial charge in [0.1, 0.15) is 6.07 Å². The molecule has 0 saturated carbocycles. The second-order valence-electron chi connectivity index (χ2n) is 4.72. The first-order valence-electron chi connectivity index (χ1n) is 6.44. The quantitative estimate of drug-likeness (QED) is 0.468. The van der Waals surface area contributed by atoms with Crippen molar-refractivity contribution in [2.24, 2.45) is 5.92 Å². The van der Waals surface area contributed by atoms with Crippen molar-refractivity contribution in [1.82, 2.24) is 4.98 Å². The Morgan fingerprint density at radius 3 is 2.76 bits per heavy atom. The molecule has 1 saturated heterocycles. The zero-order chi connectivity index (χ0) is 15.4. The number of anilines is 1. The number of methoxy groups -OCH3 is 1. The van der Waals surface area contributed by atoms with Crippen LogP contribution in [-0.4, -0.2) is 36.1 Å². The largest absolute Gasteiger partial charge is 0.469 e. The van der Waals surface area contributed by atoms with E-state index in [4.69, 9.17) is 10.00 Å². The molecule has 0 atom stereocenters. The number of nitro groups is 1. The van der Waals surface area contributed by atoms with Crippen molar-refractivity contribution >= 4 is 17.5 Å². The zero-order valence-corrected chi connectivity index (χ0v) is 11.5. The Morgan fingerprint density at radius 2 is 2.24 bits per heavy atom. The van der Waals surface area contributed by atoms with Gasteiger partial charge in [-0.25, -0.2) is 4.98 Å². The molecule has 1 aromatic rings. The third-order valence-electron chi connectivity index (χ3n) is 3.50. The number of piperidine rings is 1. The van der Waals surface area contributed by atoms with Crippen molar-refractivity contribution in [1.29, 1.82) is 5.26 Å². The van der Waals surface area contributed by atoms with Gasteiger partial charge in [-0.2, -0.15) is 5.26 Å². The SMILES string of the molecule is COC(=O)C1CCN(c2ncc(C#N)cc2[N+](=O)[O-])CC1. The first kappa shape index (κ1) is 14.7. The molecule has 2 rings (SSSR count). The highest BCUT2D eigenvalue weighted by molar-refractivity contribution is 5.73. The van der Waals surface area contributed by atoms with Crippen LogP contribution < -0.4 is 4.90 Å². The van der Waals surface area contributed by atoms with Crippen molar-refractivity contribution in [2.45, 2.75) is 12.8 Å². The topological polar surface area (TPSA) is 109 Å². The summed E-state index contributed by atoms with van der Waals surface area (Å²) >= 11 is 0. The van der Waals surface area contributed by atoms with Gasteiger partial charge in [0.15, 0.2) is 0 Å². The zero-order valence-electron chi connectivity index (χ0n) is 11.5. The molecule has 1 aliphatic heterocycles. The minimum atomic E-state index is -0.546. The summed E-state index contributed by atoms with van der Waals surface area (Å²) in [6.45, 7) is 0.971. The molecular weight excluding hydrogens is 276 g/mol. The van der Waals surface area contributed by atoms with E-state index in [1.54, 1.807) is 4.90 Å². The molecular formula is C13H14N4O4. The predicted molar refractivity (Wildman–Crippen MR) is 72.6 cm³/mol. The minimum Gasteiger partial charge on any atom is -0.469 e. The molecule has 110 valence electrons. The van der Waals surface area contributed by atoms with Crippen LogP contribution in [0.15, 0.2) is 12.3 Å². The summed E-state index contributed by atoms with van der Waals surface area (Å²) in [6.07, 6.45) is 2.44. The van der Waals surface area contributed by atoms with Crippen LogP contribution in [0.5, 0.6) is 0 Å². The van der Waals surface area contributed by atoms with E-state index in [9.17, 15) is 14.9 Å². The molecule has 0 amide bonds. The third kappa shape index (κ3) is 3.08. The Morgan fingerprint density at radius 1 is 1.57 bits per heavy atom. The van der Waals surface area contributed by atoms with Gasteiger partial charge in [0.05, 0.1) is 23.5 Å². The second kappa shape index (κ2) is 6.17. The lowest BCUT2D eigenvalue weighted by Gasteiger charge is -2.31. The maximum absolute atomic E-state index is 11.5. The summed E-state index contributed by atoms with van der Waals surface area (Å²) < 4.78 is 4.71. The Bertz CT molecular complexity index is 603. The molecule has 0 spiro atoms. The molecule has 0 bridgehead atoms. The number of nitriles is 1. The summed E-state index contributed by atoms with van der Waals surface area (Å²) in [7, 11) is 1.35. The highest BCUT2D eigenvalue weighted by atomic mass is 16.6. The maximum atomic E-state index is 11.5. The maximum Gasteiger partial charge on any atom is 0.312 e. The van der Waals surface area contributed by atoms with Gasteiger partial charge in [-0.3, -0.25) is 14.9 Å². The van der Waals surface area contributed by atoms with E-state index in [0.29, 0.717) is 25.9 Å². The molecule has 8 nitrogen and oxygen atoms in total. The van der Waals surface area contributed by atoms with Crippen LogP contribution in [0.2, 0.25) is 0 Å². The monoisotopic (exact) mass is 290 g/mol. The Balaban J connectivity index is 2.19. The fourth-order valence-corrected chi connectivity index (χ4v) is 2.38. The average molecular weight is 290 g/mol. The van der Waals surface area contributed by atoms with Crippen LogP contribution in [0.3, 0.4) is 0 Å². The molecule has 0 aliphatic carbocycles. The van der Waals surface area contributed by atoms with Crippen molar-refractivity contribution in [3.8, 4) is 6.07 Å². The number of carbonyl (C=O) groups is 1. The summed E-state index contributed by atoms with van der Waals surface area (Å²) in [6, 6.07) is 3.05. The third-order valence-corrected chi connectivity index (χ3v) is 3.50. The van der Waals surface area contributed by atoms with E-state index in [1.165, 1.54) is 19.4 Å². The molecule has 1 aromatic heterocycles. The molecule has 0 unspecified atom stereocenters. The van der Waals surface area contributed by atoms with E-state index < -0.39 is 4.92 Å². The van der Waals surface area contributed by atoms with E-state index in [1.807, 2.05) is 6.07 Å².